The molecular weight excluding hydrogens is 216 g/mol. The fourth-order valence-corrected chi connectivity index (χ4v) is 1.82. The molecule has 5 heteroatoms. The van der Waals surface area contributed by atoms with E-state index < -0.39 is 0 Å². The third-order valence-corrected chi connectivity index (χ3v) is 2.59. The van der Waals surface area contributed by atoms with Crippen molar-refractivity contribution >= 4 is 5.78 Å². The van der Waals surface area contributed by atoms with Crippen molar-refractivity contribution in [2.24, 2.45) is 0 Å². The molecule has 0 bridgehead atoms. The van der Waals surface area contributed by atoms with Crippen LogP contribution in [0.5, 0.6) is 5.75 Å². The molecular formula is C12H10N4O. The summed E-state index contributed by atoms with van der Waals surface area (Å²) in [5.41, 5.74) is 1.94. The molecule has 0 fully saturated rings. The summed E-state index contributed by atoms with van der Waals surface area (Å²) < 4.78 is 7.18. The van der Waals surface area contributed by atoms with Crippen LogP contribution in [0.2, 0.25) is 0 Å². The van der Waals surface area contributed by atoms with Gasteiger partial charge < -0.3 is 4.74 Å². The first-order chi connectivity index (χ1) is 8.40. The van der Waals surface area contributed by atoms with Crippen LogP contribution < -0.4 is 4.74 Å². The molecule has 84 valence electrons. The van der Waals surface area contributed by atoms with Crippen LogP contribution in [0.15, 0.2) is 42.9 Å². The number of ether oxygens (including phenoxy) is 1. The summed E-state index contributed by atoms with van der Waals surface area (Å²) >= 11 is 0. The summed E-state index contributed by atoms with van der Waals surface area (Å²) in [6.45, 7) is 0. The maximum atomic E-state index is 5.35. The van der Waals surface area contributed by atoms with Crippen molar-refractivity contribution in [2.45, 2.75) is 0 Å². The summed E-state index contributed by atoms with van der Waals surface area (Å²) in [5, 5.41) is 7.77. The quantitative estimate of drug-likeness (QED) is 0.668. The van der Waals surface area contributed by atoms with E-state index in [4.69, 9.17) is 4.74 Å². The zero-order valence-electron chi connectivity index (χ0n) is 9.24. The number of benzene rings is 1. The van der Waals surface area contributed by atoms with Crippen LogP contribution in [0.25, 0.3) is 17.0 Å². The number of hydrogen-bond donors (Lipinski definition) is 0. The van der Waals surface area contributed by atoms with Gasteiger partial charge in [-0.25, -0.2) is 4.98 Å². The standard InChI is InChI=1S/C12H10N4O/c1-17-11-5-3-2-4-9(11)10-6-7-13-12-15-14-8-16(10)12/h2-8H,1H3. The highest BCUT2D eigenvalue weighted by Crippen LogP contribution is 2.28. The van der Waals surface area contributed by atoms with Crippen LogP contribution in [0.3, 0.4) is 0 Å². The lowest BCUT2D eigenvalue weighted by Crippen LogP contribution is -1.95. The molecule has 3 aromatic rings. The molecule has 2 heterocycles. The molecule has 0 atom stereocenters. The van der Waals surface area contributed by atoms with Crippen LogP contribution in [-0.2, 0) is 0 Å². The van der Waals surface area contributed by atoms with Gasteiger partial charge in [0.05, 0.1) is 12.8 Å². The van der Waals surface area contributed by atoms with E-state index in [2.05, 4.69) is 15.2 Å². The number of nitrogens with zero attached hydrogens (tertiary/aromatic N) is 4. The van der Waals surface area contributed by atoms with Crippen molar-refractivity contribution in [1.82, 2.24) is 19.6 Å². The summed E-state index contributed by atoms with van der Waals surface area (Å²) in [4.78, 5) is 4.13. The predicted molar refractivity (Wildman–Crippen MR) is 62.8 cm³/mol. The molecule has 0 N–H and O–H groups in total. The first-order valence-electron chi connectivity index (χ1n) is 5.18. The van der Waals surface area contributed by atoms with Crippen LogP contribution in [0.4, 0.5) is 0 Å². The van der Waals surface area contributed by atoms with Crippen molar-refractivity contribution in [3.05, 3.63) is 42.9 Å². The summed E-state index contributed by atoms with van der Waals surface area (Å²) in [7, 11) is 1.66. The normalized spacial score (nSPS) is 10.6. The molecule has 0 unspecified atom stereocenters. The van der Waals surface area contributed by atoms with Crippen LogP contribution in [-0.4, -0.2) is 26.7 Å². The molecule has 0 saturated heterocycles. The van der Waals surface area contributed by atoms with Gasteiger partial charge in [-0.2, -0.15) is 0 Å². The Labute approximate surface area is 97.7 Å². The van der Waals surface area contributed by atoms with Gasteiger partial charge in [0.2, 0.25) is 0 Å². The van der Waals surface area contributed by atoms with Crippen LogP contribution in [0.1, 0.15) is 0 Å². The first kappa shape index (κ1) is 9.77. The number of methoxy groups -OCH3 is 1. The Balaban J connectivity index is 2.30. The van der Waals surface area contributed by atoms with Gasteiger partial charge in [-0.1, -0.05) is 12.1 Å². The first-order valence-corrected chi connectivity index (χ1v) is 5.18. The molecule has 5 nitrogen and oxygen atoms in total. The van der Waals surface area contributed by atoms with E-state index in [-0.39, 0.29) is 0 Å². The van der Waals surface area contributed by atoms with Crippen LogP contribution in [0, 0.1) is 0 Å². The highest BCUT2D eigenvalue weighted by molar-refractivity contribution is 5.68. The summed E-state index contributed by atoms with van der Waals surface area (Å²) in [6.07, 6.45) is 3.36. The molecule has 17 heavy (non-hydrogen) atoms. The van der Waals surface area contributed by atoms with E-state index in [9.17, 15) is 0 Å². The molecule has 3 rings (SSSR count). The Bertz CT molecular complexity index is 662. The topological polar surface area (TPSA) is 52.3 Å². The Hall–Kier alpha value is -2.43. The molecule has 0 spiro atoms. The zero-order chi connectivity index (χ0) is 11.7. The Kier molecular flexibility index (Phi) is 2.22. The largest absolute Gasteiger partial charge is 0.496 e. The molecule has 0 aliphatic heterocycles. The van der Waals surface area contributed by atoms with Gasteiger partial charge in [0.25, 0.3) is 5.78 Å². The van der Waals surface area contributed by atoms with E-state index in [1.165, 1.54) is 0 Å². The maximum absolute atomic E-state index is 5.35. The Morgan fingerprint density at radius 3 is 2.94 bits per heavy atom. The molecule has 2 aromatic heterocycles. The lowest BCUT2D eigenvalue weighted by atomic mass is 10.1. The van der Waals surface area contributed by atoms with Crippen molar-refractivity contribution in [3.8, 4) is 17.0 Å². The smallest absolute Gasteiger partial charge is 0.255 e. The minimum atomic E-state index is 0.577. The zero-order valence-corrected chi connectivity index (χ0v) is 9.24. The van der Waals surface area contributed by atoms with Gasteiger partial charge in [0.15, 0.2) is 0 Å². The summed E-state index contributed by atoms with van der Waals surface area (Å²) in [5.74, 6) is 1.39. The predicted octanol–water partition coefficient (Wildman–Crippen LogP) is 1.80. The highest BCUT2D eigenvalue weighted by atomic mass is 16.5. The second kappa shape index (κ2) is 3.86. The van der Waals surface area contributed by atoms with E-state index in [1.54, 1.807) is 19.6 Å². The lowest BCUT2D eigenvalue weighted by Gasteiger charge is -2.09. The fourth-order valence-electron chi connectivity index (χ4n) is 1.82. The van der Waals surface area contributed by atoms with Gasteiger partial charge in [-0.15, -0.1) is 10.2 Å². The Morgan fingerprint density at radius 1 is 1.18 bits per heavy atom. The average Bonchev–Trinajstić information content (AvgIpc) is 2.86. The summed E-state index contributed by atoms with van der Waals surface area (Å²) in [6, 6.07) is 9.73. The van der Waals surface area contributed by atoms with E-state index in [0.29, 0.717) is 5.78 Å². The Morgan fingerprint density at radius 2 is 2.06 bits per heavy atom. The van der Waals surface area contributed by atoms with Crippen molar-refractivity contribution in [1.29, 1.82) is 0 Å². The number of rotatable bonds is 2. The van der Waals surface area contributed by atoms with Gasteiger partial charge in [0.1, 0.15) is 12.1 Å². The van der Waals surface area contributed by atoms with E-state index in [1.807, 2.05) is 34.7 Å². The van der Waals surface area contributed by atoms with Crippen molar-refractivity contribution in [3.63, 3.8) is 0 Å². The molecule has 0 saturated carbocycles. The maximum Gasteiger partial charge on any atom is 0.255 e. The molecule has 0 aliphatic carbocycles. The lowest BCUT2D eigenvalue weighted by molar-refractivity contribution is 0.416. The second-order valence-electron chi connectivity index (χ2n) is 3.53. The van der Waals surface area contributed by atoms with Crippen molar-refractivity contribution < 1.29 is 4.74 Å². The van der Waals surface area contributed by atoms with Gasteiger partial charge in [-0.3, -0.25) is 4.40 Å². The highest BCUT2D eigenvalue weighted by Gasteiger charge is 2.09. The second-order valence-corrected chi connectivity index (χ2v) is 3.53. The third kappa shape index (κ3) is 1.52. The molecule has 1 aromatic carbocycles. The minimum absolute atomic E-state index is 0.577. The number of fused-ring (bicyclic) bond motifs is 1. The van der Waals surface area contributed by atoms with Gasteiger partial charge in [-0.05, 0) is 18.2 Å². The van der Waals surface area contributed by atoms with Gasteiger partial charge in [0, 0.05) is 11.8 Å². The third-order valence-electron chi connectivity index (χ3n) is 2.59. The monoisotopic (exact) mass is 226 g/mol. The van der Waals surface area contributed by atoms with Crippen LogP contribution >= 0.6 is 0 Å². The SMILES string of the molecule is COc1ccccc1-c1ccnc2nncn12. The van der Waals surface area contributed by atoms with Gasteiger partial charge >= 0.3 is 0 Å². The average molecular weight is 226 g/mol. The number of para-hydroxylation sites is 1. The molecule has 0 amide bonds. The minimum Gasteiger partial charge on any atom is -0.496 e. The number of hydrogen-bond acceptors (Lipinski definition) is 4. The molecule has 0 aliphatic rings. The number of aromatic nitrogens is 4. The van der Waals surface area contributed by atoms with E-state index >= 15 is 0 Å². The van der Waals surface area contributed by atoms with Crippen molar-refractivity contribution in [2.75, 3.05) is 7.11 Å². The molecule has 0 radical (unpaired) electrons. The fraction of sp³-hybridized carbons (Fsp3) is 0.0833. The van der Waals surface area contributed by atoms with E-state index in [0.717, 1.165) is 17.0 Å².